The van der Waals surface area contributed by atoms with Crippen molar-refractivity contribution < 1.29 is 0 Å². The number of anilines is 3. The molecule has 0 fully saturated rings. The summed E-state index contributed by atoms with van der Waals surface area (Å²) in [6.07, 6.45) is 0.708. The van der Waals surface area contributed by atoms with Gasteiger partial charge in [0.1, 0.15) is 11.6 Å². The smallest absolute Gasteiger partial charge is 0.232 e. The molecule has 0 aliphatic carbocycles. The van der Waals surface area contributed by atoms with Crippen LogP contribution in [0.1, 0.15) is 18.6 Å². The molecular formula is C14H17N7. The lowest BCUT2D eigenvalue weighted by Crippen LogP contribution is -2.06. The number of nitrogens with two attached hydrogens (primary N) is 1. The third kappa shape index (κ3) is 2.49. The van der Waals surface area contributed by atoms with E-state index in [1.807, 2.05) is 39.1 Å². The summed E-state index contributed by atoms with van der Waals surface area (Å²) in [4.78, 5) is 17.0. The summed E-state index contributed by atoms with van der Waals surface area (Å²) in [5.41, 5.74) is 8.57. The Bertz CT molecular complexity index is 806. The van der Waals surface area contributed by atoms with E-state index in [0.29, 0.717) is 18.2 Å². The second kappa shape index (κ2) is 5.01. The Balaban J connectivity index is 1.96. The molecule has 0 radical (unpaired) electrons. The molecule has 0 saturated heterocycles. The van der Waals surface area contributed by atoms with Crippen LogP contribution in [0.5, 0.6) is 0 Å². The van der Waals surface area contributed by atoms with Gasteiger partial charge in [0.15, 0.2) is 0 Å². The maximum absolute atomic E-state index is 5.68. The predicted octanol–water partition coefficient (Wildman–Crippen LogP) is 1.95. The molecule has 0 amide bonds. The first kappa shape index (κ1) is 13.3. The first-order valence-electron chi connectivity index (χ1n) is 6.77. The summed E-state index contributed by atoms with van der Waals surface area (Å²) in [5, 5.41) is 3.15. The molecule has 7 nitrogen and oxygen atoms in total. The van der Waals surface area contributed by atoms with Gasteiger partial charge in [0.05, 0.1) is 11.0 Å². The number of nitrogens with one attached hydrogen (secondary N) is 1. The van der Waals surface area contributed by atoms with Gasteiger partial charge in [-0.25, -0.2) is 4.98 Å². The molecule has 0 bridgehead atoms. The highest BCUT2D eigenvalue weighted by Crippen LogP contribution is 2.21. The average molecular weight is 283 g/mol. The molecule has 0 saturated carbocycles. The Kier molecular flexibility index (Phi) is 3.17. The van der Waals surface area contributed by atoms with Gasteiger partial charge in [-0.15, -0.1) is 0 Å². The number of rotatable bonds is 3. The molecule has 0 aliphatic rings. The molecule has 7 heteroatoms. The van der Waals surface area contributed by atoms with Crippen molar-refractivity contribution in [1.29, 1.82) is 0 Å². The molecule has 0 unspecified atom stereocenters. The van der Waals surface area contributed by atoms with Gasteiger partial charge in [-0.1, -0.05) is 6.92 Å². The maximum Gasteiger partial charge on any atom is 0.232 e. The first-order valence-corrected chi connectivity index (χ1v) is 6.77. The maximum atomic E-state index is 5.68. The molecule has 1 aromatic carbocycles. The number of benzene rings is 1. The van der Waals surface area contributed by atoms with Gasteiger partial charge in [0, 0.05) is 19.2 Å². The molecule has 108 valence electrons. The summed E-state index contributed by atoms with van der Waals surface area (Å²) < 4.78 is 2.05. The molecule has 3 N–H and O–H groups in total. The zero-order valence-electron chi connectivity index (χ0n) is 12.3. The number of aromatic nitrogens is 5. The third-order valence-electron chi connectivity index (χ3n) is 3.38. The Morgan fingerprint density at radius 1 is 1.19 bits per heavy atom. The van der Waals surface area contributed by atoms with Crippen molar-refractivity contribution in [1.82, 2.24) is 24.5 Å². The molecule has 3 aromatic rings. The Labute approximate surface area is 122 Å². The van der Waals surface area contributed by atoms with Gasteiger partial charge >= 0.3 is 0 Å². The van der Waals surface area contributed by atoms with Gasteiger partial charge < -0.3 is 15.6 Å². The largest absolute Gasteiger partial charge is 0.368 e. The van der Waals surface area contributed by atoms with Crippen LogP contribution in [0.4, 0.5) is 17.6 Å². The lowest BCUT2D eigenvalue weighted by atomic mass is 10.3. The highest BCUT2D eigenvalue weighted by molar-refractivity contribution is 5.81. The van der Waals surface area contributed by atoms with Gasteiger partial charge in [0.2, 0.25) is 11.9 Å². The Morgan fingerprint density at radius 3 is 2.76 bits per heavy atom. The summed E-state index contributed by atoms with van der Waals surface area (Å²) in [6, 6.07) is 5.95. The average Bonchev–Trinajstić information content (AvgIpc) is 2.73. The molecule has 2 aromatic heterocycles. The quantitative estimate of drug-likeness (QED) is 0.763. The number of nitrogens with zero attached hydrogens (tertiary/aromatic N) is 5. The van der Waals surface area contributed by atoms with Gasteiger partial charge in [-0.05, 0) is 25.1 Å². The van der Waals surface area contributed by atoms with E-state index in [4.69, 9.17) is 5.73 Å². The number of hydrogen-bond acceptors (Lipinski definition) is 6. The minimum Gasteiger partial charge on any atom is -0.368 e. The fourth-order valence-corrected chi connectivity index (χ4v) is 2.18. The molecule has 0 atom stereocenters. The van der Waals surface area contributed by atoms with Crippen molar-refractivity contribution in [3.05, 3.63) is 29.8 Å². The van der Waals surface area contributed by atoms with Crippen LogP contribution in [0.25, 0.3) is 11.0 Å². The second-order valence-corrected chi connectivity index (χ2v) is 4.83. The van der Waals surface area contributed by atoms with Crippen LogP contribution in [0.15, 0.2) is 18.2 Å². The lowest BCUT2D eigenvalue weighted by Gasteiger charge is -2.06. The highest BCUT2D eigenvalue weighted by Gasteiger charge is 2.07. The second-order valence-electron chi connectivity index (χ2n) is 4.83. The molecular weight excluding hydrogens is 266 g/mol. The molecule has 0 aliphatic heterocycles. The van der Waals surface area contributed by atoms with Gasteiger partial charge in [0.25, 0.3) is 0 Å². The van der Waals surface area contributed by atoms with Crippen LogP contribution >= 0.6 is 0 Å². The van der Waals surface area contributed by atoms with Gasteiger partial charge in [-0.2, -0.15) is 15.0 Å². The number of fused-ring (bicyclic) bond motifs is 1. The molecule has 21 heavy (non-hydrogen) atoms. The van der Waals surface area contributed by atoms with E-state index in [0.717, 1.165) is 22.5 Å². The van der Waals surface area contributed by atoms with Crippen molar-refractivity contribution in [2.75, 3.05) is 11.1 Å². The number of aryl methyl sites for hydroxylation is 3. The van der Waals surface area contributed by atoms with Crippen molar-refractivity contribution >= 4 is 28.6 Å². The van der Waals surface area contributed by atoms with Crippen molar-refractivity contribution in [2.24, 2.45) is 7.05 Å². The topological polar surface area (TPSA) is 94.5 Å². The van der Waals surface area contributed by atoms with E-state index in [1.54, 1.807) is 0 Å². The van der Waals surface area contributed by atoms with E-state index >= 15 is 0 Å². The number of imidazole rings is 1. The number of nitrogen functional groups attached to an aromatic ring is 1. The van der Waals surface area contributed by atoms with Crippen LogP contribution in [0.3, 0.4) is 0 Å². The van der Waals surface area contributed by atoms with Crippen LogP contribution < -0.4 is 11.1 Å². The minimum atomic E-state index is 0.221. The molecule has 3 rings (SSSR count). The Morgan fingerprint density at radius 2 is 2.00 bits per heavy atom. The van der Waals surface area contributed by atoms with Crippen LogP contribution in [0.2, 0.25) is 0 Å². The van der Waals surface area contributed by atoms with Crippen LogP contribution in [-0.4, -0.2) is 24.5 Å². The predicted molar refractivity (Wildman–Crippen MR) is 82.4 cm³/mol. The monoisotopic (exact) mass is 283 g/mol. The van der Waals surface area contributed by atoms with Crippen molar-refractivity contribution in [2.45, 2.75) is 20.3 Å². The zero-order chi connectivity index (χ0) is 15.0. The molecule has 0 spiro atoms. The zero-order valence-corrected chi connectivity index (χ0v) is 12.3. The normalized spacial score (nSPS) is 11.0. The highest BCUT2D eigenvalue weighted by atomic mass is 15.2. The SMILES string of the molecule is CCc1nc(N)nc(Nc2ccc3c(c2)nc(C)n3C)n1. The summed E-state index contributed by atoms with van der Waals surface area (Å²) in [5.74, 6) is 2.31. The molecule has 2 heterocycles. The summed E-state index contributed by atoms with van der Waals surface area (Å²) in [7, 11) is 2.00. The third-order valence-corrected chi connectivity index (χ3v) is 3.38. The van der Waals surface area contributed by atoms with Crippen molar-refractivity contribution in [3.63, 3.8) is 0 Å². The van der Waals surface area contributed by atoms with E-state index in [-0.39, 0.29) is 5.95 Å². The first-order chi connectivity index (χ1) is 10.1. The van der Waals surface area contributed by atoms with E-state index < -0.39 is 0 Å². The van der Waals surface area contributed by atoms with Gasteiger partial charge in [-0.3, -0.25) is 0 Å². The van der Waals surface area contributed by atoms with Crippen molar-refractivity contribution in [3.8, 4) is 0 Å². The van der Waals surface area contributed by atoms with E-state index in [9.17, 15) is 0 Å². The van der Waals surface area contributed by atoms with E-state index in [1.165, 1.54) is 0 Å². The number of hydrogen-bond donors (Lipinski definition) is 2. The van der Waals surface area contributed by atoms with Crippen LogP contribution in [0, 0.1) is 6.92 Å². The summed E-state index contributed by atoms with van der Waals surface area (Å²) in [6.45, 7) is 3.95. The van der Waals surface area contributed by atoms with Crippen LogP contribution in [-0.2, 0) is 13.5 Å². The summed E-state index contributed by atoms with van der Waals surface area (Å²) >= 11 is 0. The minimum absolute atomic E-state index is 0.221. The van der Waals surface area contributed by atoms with E-state index in [2.05, 4.69) is 29.8 Å². The fraction of sp³-hybridized carbons (Fsp3) is 0.286. The fourth-order valence-electron chi connectivity index (χ4n) is 2.18. The lowest BCUT2D eigenvalue weighted by molar-refractivity contribution is 0.886. The Hall–Kier alpha value is -2.70. The standard InChI is InChI=1S/C14H17N7/c1-4-12-18-13(15)20-14(19-12)17-9-5-6-11-10(7-9)16-8(2)21(11)3/h5-7H,4H2,1-3H3,(H3,15,17,18,19,20).